The molecule has 6 heteroatoms. The number of methoxy groups -OCH3 is 1. The molecule has 0 spiro atoms. The average Bonchev–Trinajstić information content (AvgIpc) is 3.13. The van der Waals surface area contributed by atoms with Gasteiger partial charge in [0, 0.05) is 19.5 Å². The van der Waals surface area contributed by atoms with Crippen LogP contribution in [0.25, 0.3) is 0 Å². The van der Waals surface area contributed by atoms with Gasteiger partial charge in [-0.15, -0.1) is 0 Å². The maximum atomic E-state index is 12.7. The number of carbonyl (C=O) groups excluding carboxylic acids is 1. The first kappa shape index (κ1) is 19.0. The maximum absolute atomic E-state index is 12.7. The topological polar surface area (TPSA) is 59.0 Å². The van der Waals surface area contributed by atoms with E-state index in [9.17, 15) is 9.82 Å². The lowest BCUT2D eigenvalue weighted by Crippen LogP contribution is -2.38. The third kappa shape index (κ3) is 3.93. The molecule has 1 N–H and O–H groups in total. The quantitative estimate of drug-likeness (QED) is 0.810. The average molecular weight is 379 g/mol. The summed E-state index contributed by atoms with van der Waals surface area (Å²) in [6.45, 7) is 2.02. The van der Waals surface area contributed by atoms with Crippen LogP contribution in [0.1, 0.15) is 41.9 Å². The van der Waals surface area contributed by atoms with E-state index in [1.54, 1.807) is 7.11 Å². The molecule has 0 bridgehead atoms. The Bertz CT molecular complexity index is 848. The highest BCUT2D eigenvalue weighted by Gasteiger charge is 2.30. The van der Waals surface area contributed by atoms with Gasteiger partial charge in [-0.25, -0.2) is 0 Å². The van der Waals surface area contributed by atoms with Crippen LogP contribution < -0.4 is 10.2 Å². The van der Waals surface area contributed by atoms with Gasteiger partial charge in [0.15, 0.2) is 0 Å². The fourth-order valence-corrected chi connectivity index (χ4v) is 4.34. The van der Waals surface area contributed by atoms with Crippen molar-refractivity contribution in [2.45, 2.75) is 38.2 Å². The van der Waals surface area contributed by atoms with Crippen LogP contribution in [-0.4, -0.2) is 43.1 Å². The number of amides is 1. The number of fused-ring (bicyclic) bond motifs is 1. The normalized spacial score (nSPS) is 16.9. The lowest BCUT2D eigenvalue weighted by Gasteiger charge is -2.32. The molecule has 2 aromatic rings. The third-order valence-corrected chi connectivity index (χ3v) is 5.95. The second kappa shape index (κ2) is 8.37. The van der Waals surface area contributed by atoms with Crippen molar-refractivity contribution in [3.05, 3.63) is 59.2 Å². The molecule has 0 radical (unpaired) electrons. The second-order valence-electron chi connectivity index (χ2n) is 7.58. The molecule has 2 heterocycles. The summed E-state index contributed by atoms with van der Waals surface area (Å²) in [6, 6.07) is 14.2. The van der Waals surface area contributed by atoms with E-state index in [2.05, 4.69) is 12.1 Å². The van der Waals surface area contributed by atoms with E-state index in [-0.39, 0.29) is 5.91 Å². The lowest BCUT2D eigenvalue weighted by atomic mass is 9.75. The summed E-state index contributed by atoms with van der Waals surface area (Å²) >= 11 is 0. The van der Waals surface area contributed by atoms with Gasteiger partial charge in [0.05, 0.1) is 13.7 Å². The molecule has 5 nitrogen and oxygen atoms in total. The van der Waals surface area contributed by atoms with E-state index in [4.69, 9.17) is 9.39 Å². The summed E-state index contributed by atoms with van der Waals surface area (Å²) in [7, 11) is 0.827. The zero-order valence-electron chi connectivity index (χ0n) is 16.3. The van der Waals surface area contributed by atoms with E-state index >= 15 is 0 Å². The molecule has 0 unspecified atom stereocenters. The van der Waals surface area contributed by atoms with Crippen molar-refractivity contribution in [3.63, 3.8) is 0 Å². The molecule has 146 valence electrons. The van der Waals surface area contributed by atoms with Gasteiger partial charge >= 0.3 is 7.12 Å². The Kier molecular flexibility index (Phi) is 5.69. The molecule has 2 aliphatic rings. The molecule has 0 saturated carbocycles. The van der Waals surface area contributed by atoms with Crippen molar-refractivity contribution in [2.24, 2.45) is 0 Å². The molecule has 28 heavy (non-hydrogen) atoms. The van der Waals surface area contributed by atoms with Crippen LogP contribution in [-0.2, 0) is 22.5 Å². The van der Waals surface area contributed by atoms with Crippen LogP contribution in [0.2, 0.25) is 0 Å². The Morgan fingerprint density at radius 1 is 1.25 bits per heavy atom. The van der Waals surface area contributed by atoms with Crippen molar-refractivity contribution in [1.82, 2.24) is 4.90 Å². The van der Waals surface area contributed by atoms with Gasteiger partial charge in [-0.3, -0.25) is 4.79 Å². The minimum Gasteiger partial charge on any atom is -0.497 e. The first-order valence-electron chi connectivity index (χ1n) is 9.98. The molecular weight excluding hydrogens is 353 g/mol. The van der Waals surface area contributed by atoms with Crippen LogP contribution in [0, 0.1) is 0 Å². The molecule has 0 aromatic heterocycles. The largest absolute Gasteiger partial charge is 0.497 e. The SMILES string of the molecule is COc1cccc(C2CCN(C(=O)CCc3cccc4c3B(O)OC4)CC2)c1. The van der Waals surface area contributed by atoms with Gasteiger partial charge in [0.1, 0.15) is 5.75 Å². The van der Waals surface area contributed by atoms with Gasteiger partial charge < -0.3 is 19.3 Å². The highest BCUT2D eigenvalue weighted by atomic mass is 16.5. The highest BCUT2D eigenvalue weighted by molar-refractivity contribution is 6.62. The number of benzene rings is 2. The zero-order chi connectivity index (χ0) is 19.5. The van der Waals surface area contributed by atoms with Gasteiger partial charge in [-0.05, 0) is 59.5 Å². The number of aryl methyl sites for hydroxylation is 1. The smallest absolute Gasteiger partial charge is 0.492 e. The number of ether oxygens (including phenoxy) is 1. The summed E-state index contributed by atoms with van der Waals surface area (Å²) in [6.07, 6.45) is 3.06. The van der Waals surface area contributed by atoms with Crippen LogP contribution in [0.5, 0.6) is 5.75 Å². The van der Waals surface area contributed by atoms with E-state index in [1.807, 2.05) is 35.2 Å². The molecule has 0 aliphatic carbocycles. The van der Waals surface area contributed by atoms with Crippen molar-refractivity contribution in [2.75, 3.05) is 20.2 Å². The fraction of sp³-hybridized carbons (Fsp3) is 0.409. The van der Waals surface area contributed by atoms with Gasteiger partial charge in [-0.1, -0.05) is 30.3 Å². The van der Waals surface area contributed by atoms with Crippen molar-refractivity contribution < 1.29 is 19.2 Å². The minimum atomic E-state index is -0.861. The standard InChI is InChI=1S/C22H26BNO4/c1-27-20-7-3-5-18(14-20)16-10-12-24(13-11-16)21(25)9-8-17-4-2-6-19-15-28-23(26)22(17)19/h2-7,14,16,26H,8-13,15H2,1H3. The molecule has 4 rings (SSSR count). The monoisotopic (exact) mass is 379 g/mol. The second-order valence-corrected chi connectivity index (χ2v) is 7.58. The summed E-state index contributed by atoms with van der Waals surface area (Å²) in [5, 5.41) is 10.0. The first-order chi connectivity index (χ1) is 13.7. The number of piperidine rings is 1. The van der Waals surface area contributed by atoms with Gasteiger partial charge in [0.2, 0.25) is 5.91 Å². The summed E-state index contributed by atoms with van der Waals surface area (Å²) in [5.41, 5.74) is 4.19. The first-order valence-corrected chi connectivity index (χ1v) is 9.98. The zero-order valence-corrected chi connectivity index (χ0v) is 16.3. The predicted molar refractivity (Wildman–Crippen MR) is 109 cm³/mol. The lowest BCUT2D eigenvalue weighted by molar-refractivity contribution is -0.132. The Morgan fingerprint density at radius 3 is 2.82 bits per heavy atom. The maximum Gasteiger partial charge on any atom is 0.492 e. The summed E-state index contributed by atoms with van der Waals surface area (Å²) in [4.78, 5) is 14.7. The van der Waals surface area contributed by atoms with Crippen LogP contribution >= 0.6 is 0 Å². The molecule has 1 fully saturated rings. The minimum absolute atomic E-state index is 0.190. The Hall–Kier alpha value is -2.31. The fourth-order valence-electron chi connectivity index (χ4n) is 4.34. The molecular formula is C22H26BNO4. The molecule has 1 amide bonds. The summed E-state index contributed by atoms with van der Waals surface area (Å²) in [5.74, 6) is 1.55. The highest BCUT2D eigenvalue weighted by Crippen LogP contribution is 2.30. The molecule has 1 saturated heterocycles. The van der Waals surface area contributed by atoms with Crippen LogP contribution in [0.15, 0.2) is 42.5 Å². The van der Waals surface area contributed by atoms with E-state index in [1.165, 1.54) is 5.56 Å². The third-order valence-electron chi connectivity index (χ3n) is 5.95. The number of rotatable bonds is 5. The summed E-state index contributed by atoms with van der Waals surface area (Å²) < 4.78 is 10.6. The Balaban J connectivity index is 1.32. The van der Waals surface area contributed by atoms with Crippen molar-refractivity contribution in [3.8, 4) is 5.75 Å². The van der Waals surface area contributed by atoms with Crippen molar-refractivity contribution in [1.29, 1.82) is 0 Å². The molecule has 2 aliphatic heterocycles. The predicted octanol–water partition coefficient (Wildman–Crippen LogP) is 2.25. The molecule has 0 atom stereocenters. The van der Waals surface area contributed by atoms with E-state index in [0.717, 1.165) is 48.3 Å². The Labute approximate surface area is 166 Å². The van der Waals surface area contributed by atoms with Crippen molar-refractivity contribution >= 4 is 18.5 Å². The van der Waals surface area contributed by atoms with Gasteiger partial charge in [0.25, 0.3) is 0 Å². The number of hydrogen-bond donors (Lipinski definition) is 1. The van der Waals surface area contributed by atoms with Gasteiger partial charge in [-0.2, -0.15) is 0 Å². The number of hydrogen-bond acceptors (Lipinski definition) is 4. The van der Waals surface area contributed by atoms with Crippen LogP contribution in [0.4, 0.5) is 0 Å². The van der Waals surface area contributed by atoms with Crippen LogP contribution in [0.3, 0.4) is 0 Å². The molecule has 2 aromatic carbocycles. The number of carbonyl (C=O) groups is 1. The van der Waals surface area contributed by atoms with E-state index in [0.29, 0.717) is 25.4 Å². The number of nitrogens with zero attached hydrogens (tertiary/aromatic N) is 1. The Morgan fingerprint density at radius 2 is 2.04 bits per heavy atom. The number of likely N-dealkylation sites (tertiary alicyclic amines) is 1. The van der Waals surface area contributed by atoms with E-state index < -0.39 is 7.12 Å².